The summed E-state index contributed by atoms with van der Waals surface area (Å²) in [6.07, 6.45) is 0.289. The van der Waals surface area contributed by atoms with E-state index in [9.17, 15) is 22.8 Å². The van der Waals surface area contributed by atoms with Crippen molar-refractivity contribution in [1.29, 1.82) is 0 Å². The van der Waals surface area contributed by atoms with E-state index in [0.717, 1.165) is 0 Å². The molecule has 11 heteroatoms. The van der Waals surface area contributed by atoms with Crippen LogP contribution in [0.4, 0.5) is 5.82 Å². The van der Waals surface area contributed by atoms with E-state index in [-0.39, 0.29) is 42.5 Å². The average molecular weight is 358 g/mol. The molecule has 10 nitrogen and oxygen atoms in total. The number of carbonyl (C=O) groups excluding carboxylic acids is 3. The summed E-state index contributed by atoms with van der Waals surface area (Å²) in [6, 6.07) is 1.28. The van der Waals surface area contributed by atoms with Crippen molar-refractivity contribution in [2.45, 2.75) is 6.42 Å². The topological polar surface area (TPSA) is 128 Å². The number of aromatic nitrogens is 2. The van der Waals surface area contributed by atoms with Gasteiger partial charge in [-0.2, -0.15) is 5.10 Å². The molecule has 0 aromatic carbocycles. The SMILES string of the molecule is COC(=O)c1cc(NC(=O)C(=O)N2CCCS(=O)(=O)CC2)nn1C. The lowest BCUT2D eigenvalue weighted by Crippen LogP contribution is -2.41. The second-order valence-corrected chi connectivity index (χ2v) is 7.59. The van der Waals surface area contributed by atoms with E-state index in [1.165, 1.54) is 29.8 Å². The minimum Gasteiger partial charge on any atom is -0.464 e. The summed E-state index contributed by atoms with van der Waals surface area (Å²) in [4.78, 5) is 36.9. The molecule has 1 N–H and O–H groups in total. The third-order valence-electron chi connectivity index (χ3n) is 3.55. The Bertz CT molecular complexity index is 769. The molecule has 2 amide bonds. The summed E-state index contributed by atoms with van der Waals surface area (Å²) < 4.78 is 28.9. The molecule has 0 aliphatic carbocycles. The molecule has 1 fully saturated rings. The van der Waals surface area contributed by atoms with Gasteiger partial charge in [0, 0.05) is 26.2 Å². The molecule has 0 bridgehead atoms. The highest BCUT2D eigenvalue weighted by Crippen LogP contribution is 2.11. The van der Waals surface area contributed by atoms with Crippen molar-refractivity contribution in [2.24, 2.45) is 7.05 Å². The van der Waals surface area contributed by atoms with Crippen molar-refractivity contribution >= 4 is 33.4 Å². The molecule has 0 unspecified atom stereocenters. The van der Waals surface area contributed by atoms with Crippen LogP contribution < -0.4 is 5.32 Å². The number of anilines is 1. The molecule has 2 heterocycles. The second kappa shape index (κ2) is 6.99. The normalized spacial score (nSPS) is 17.0. The van der Waals surface area contributed by atoms with Crippen molar-refractivity contribution in [3.63, 3.8) is 0 Å². The van der Waals surface area contributed by atoms with Crippen LogP contribution in [-0.2, 0) is 31.2 Å². The number of amides is 2. The molecular weight excluding hydrogens is 340 g/mol. The third kappa shape index (κ3) is 4.10. The number of hydrogen-bond donors (Lipinski definition) is 1. The minimum absolute atomic E-state index is 0.00112. The highest BCUT2D eigenvalue weighted by molar-refractivity contribution is 7.91. The van der Waals surface area contributed by atoms with E-state index in [0.29, 0.717) is 0 Å². The largest absolute Gasteiger partial charge is 0.464 e. The van der Waals surface area contributed by atoms with Gasteiger partial charge in [0.05, 0.1) is 18.6 Å². The van der Waals surface area contributed by atoms with Gasteiger partial charge in [-0.25, -0.2) is 13.2 Å². The lowest BCUT2D eigenvalue weighted by molar-refractivity contribution is -0.142. The van der Waals surface area contributed by atoms with Crippen LogP contribution in [0.2, 0.25) is 0 Å². The molecule has 0 saturated carbocycles. The average Bonchev–Trinajstić information content (AvgIpc) is 2.78. The minimum atomic E-state index is -3.18. The molecule has 0 spiro atoms. The van der Waals surface area contributed by atoms with Crippen molar-refractivity contribution in [3.05, 3.63) is 11.8 Å². The quantitative estimate of drug-likeness (QED) is 0.519. The zero-order chi connectivity index (χ0) is 17.9. The number of ether oxygens (including phenoxy) is 1. The summed E-state index contributed by atoms with van der Waals surface area (Å²) >= 11 is 0. The fraction of sp³-hybridized carbons (Fsp3) is 0.538. The number of sulfone groups is 1. The Labute approximate surface area is 138 Å². The predicted octanol–water partition coefficient (Wildman–Crippen LogP) is -1.21. The number of nitrogens with one attached hydrogen (secondary N) is 1. The number of carbonyl (C=O) groups is 3. The van der Waals surface area contributed by atoms with Gasteiger partial charge in [-0.15, -0.1) is 0 Å². The van der Waals surface area contributed by atoms with Crippen molar-refractivity contribution in [3.8, 4) is 0 Å². The van der Waals surface area contributed by atoms with Crippen LogP contribution in [0.3, 0.4) is 0 Å². The van der Waals surface area contributed by atoms with Crippen LogP contribution >= 0.6 is 0 Å². The van der Waals surface area contributed by atoms with Crippen LogP contribution in [0.25, 0.3) is 0 Å². The molecule has 132 valence electrons. The first-order valence-electron chi connectivity index (χ1n) is 7.16. The molecule has 1 aliphatic rings. The molecule has 1 saturated heterocycles. The summed E-state index contributed by atoms with van der Waals surface area (Å²) in [5.74, 6) is -2.54. The summed E-state index contributed by atoms with van der Waals surface area (Å²) in [5, 5.41) is 6.21. The maximum Gasteiger partial charge on any atom is 0.356 e. The van der Waals surface area contributed by atoms with Crippen LogP contribution in [0.15, 0.2) is 6.07 Å². The molecule has 0 atom stereocenters. The third-order valence-corrected chi connectivity index (χ3v) is 5.27. The van der Waals surface area contributed by atoms with E-state index >= 15 is 0 Å². The number of hydrogen-bond acceptors (Lipinski definition) is 7. The maximum absolute atomic E-state index is 12.1. The zero-order valence-corrected chi connectivity index (χ0v) is 14.1. The van der Waals surface area contributed by atoms with E-state index in [4.69, 9.17) is 0 Å². The van der Waals surface area contributed by atoms with Gasteiger partial charge < -0.3 is 15.0 Å². The fourth-order valence-corrected chi connectivity index (χ4v) is 3.55. The Balaban J connectivity index is 2.04. The lowest BCUT2D eigenvalue weighted by atomic mass is 10.3. The smallest absolute Gasteiger partial charge is 0.356 e. The number of rotatable bonds is 2. The van der Waals surface area contributed by atoms with Gasteiger partial charge >= 0.3 is 17.8 Å². The molecule has 1 aromatic heterocycles. The van der Waals surface area contributed by atoms with Crippen LogP contribution in [-0.4, -0.2) is 72.6 Å². The molecule has 24 heavy (non-hydrogen) atoms. The van der Waals surface area contributed by atoms with Gasteiger partial charge in [0.2, 0.25) is 0 Å². The summed E-state index contributed by atoms with van der Waals surface area (Å²) in [6.45, 7) is 0.172. The molecular formula is C13H18N4O6S. The van der Waals surface area contributed by atoms with Crippen LogP contribution in [0.5, 0.6) is 0 Å². The highest BCUT2D eigenvalue weighted by Gasteiger charge is 2.27. The first-order valence-corrected chi connectivity index (χ1v) is 8.98. The fourth-order valence-electron chi connectivity index (χ4n) is 2.28. The summed E-state index contributed by atoms with van der Waals surface area (Å²) in [7, 11) is -0.475. The molecule has 1 aromatic rings. The lowest BCUT2D eigenvalue weighted by Gasteiger charge is -2.18. The van der Waals surface area contributed by atoms with E-state index in [1.807, 2.05) is 0 Å². The van der Waals surface area contributed by atoms with Crippen molar-refractivity contribution in [2.75, 3.05) is 37.0 Å². The monoisotopic (exact) mass is 358 g/mol. The van der Waals surface area contributed by atoms with Gasteiger partial charge in [0.25, 0.3) is 0 Å². The number of methoxy groups -OCH3 is 1. The Morgan fingerprint density at radius 1 is 1.25 bits per heavy atom. The van der Waals surface area contributed by atoms with E-state index in [2.05, 4.69) is 15.2 Å². The standard InChI is InChI=1S/C13H18N4O6S/c1-16-9(13(20)23-2)8-10(15-16)14-11(18)12(19)17-4-3-6-24(21,22)7-5-17/h8H,3-7H2,1-2H3,(H,14,15,18). The maximum atomic E-state index is 12.1. The number of aryl methyl sites for hydroxylation is 1. The Morgan fingerprint density at radius 2 is 1.96 bits per heavy atom. The van der Waals surface area contributed by atoms with Gasteiger partial charge in [0.1, 0.15) is 5.69 Å². The Hall–Kier alpha value is -2.43. The summed E-state index contributed by atoms with van der Waals surface area (Å²) in [5.41, 5.74) is 0.112. The van der Waals surface area contributed by atoms with Gasteiger partial charge in [-0.05, 0) is 6.42 Å². The molecule has 0 radical (unpaired) electrons. The molecule has 2 rings (SSSR count). The van der Waals surface area contributed by atoms with E-state index < -0.39 is 27.6 Å². The van der Waals surface area contributed by atoms with Crippen LogP contribution in [0, 0.1) is 0 Å². The van der Waals surface area contributed by atoms with E-state index in [1.54, 1.807) is 0 Å². The van der Waals surface area contributed by atoms with Gasteiger partial charge in [-0.3, -0.25) is 14.3 Å². The Kier molecular flexibility index (Phi) is 5.22. The highest BCUT2D eigenvalue weighted by atomic mass is 32.2. The first-order chi connectivity index (χ1) is 11.2. The van der Waals surface area contributed by atoms with Crippen molar-refractivity contribution < 1.29 is 27.5 Å². The second-order valence-electron chi connectivity index (χ2n) is 5.28. The number of esters is 1. The van der Waals surface area contributed by atoms with Crippen molar-refractivity contribution in [1.82, 2.24) is 14.7 Å². The number of nitrogens with zero attached hydrogens (tertiary/aromatic N) is 3. The predicted molar refractivity (Wildman–Crippen MR) is 83.0 cm³/mol. The zero-order valence-electron chi connectivity index (χ0n) is 13.3. The molecule has 1 aliphatic heterocycles. The Morgan fingerprint density at radius 3 is 2.62 bits per heavy atom. The first kappa shape index (κ1) is 17.9. The van der Waals surface area contributed by atoms with Crippen LogP contribution in [0.1, 0.15) is 16.9 Å². The van der Waals surface area contributed by atoms with Gasteiger partial charge in [0.15, 0.2) is 15.7 Å². The van der Waals surface area contributed by atoms with Gasteiger partial charge in [-0.1, -0.05) is 0 Å².